The van der Waals surface area contributed by atoms with Crippen LogP contribution in [0.3, 0.4) is 0 Å². The summed E-state index contributed by atoms with van der Waals surface area (Å²) in [5, 5.41) is 30.0. The second-order valence-corrected chi connectivity index (χ2v) is 3.75. The molecule has 2 atom stereocenters. The number of hydrogen-bond acceptors (Lipinski definition) is 5. The van der Waals surface area contributed by atoms with E-state index in [1.54, 1.807) is 0 Å². The summed E-state index contributed by atoms with van der Waals surface area (Å²) in [7, 11) is 0. The van der Waals surface area contributed by atoms with E-state index >= 15 is 0 Å². The number of aldehydes is 1. The highest BCUT2D eigenvalue weighted by atomic mass is 16.4. The van der Waals surface area contributed by atoms with E-state index in [1.165, 1.54) is 24.3 Å². The van der Waals surface area contributed by atoms with Crippen molar-refractivity contribution in [3.05, 3.63) is 29.8 Å². The van der Waals surface area contributed by atoms with Crippen molar-refractivity contribution in [1.29, 1.82) is 0 Å². The zero-order valence-electron chi connectivity index (χ0n) is 9.12. The summed E-state index contributed by atoms with van der Waals surface area (Å²) in [6, 6.07) is 5.98. The van der Waals surface area contributed by atoms with Gasteiger partial charge in [-0.1, -0.05) is 0 Å². The molecule has 0 fully saturated rings. The molecule has 0 aliphatic heterocycles. The van der Waals surface area contributed by atoms with Gasteiger partial charge in [0.25, 0.3) is 0 Å². The molecule has 0 aliphatic rings. The van der Waals surface area contributed by atoms with Crippen LogP contribution in [0.1, 0.15) is 17.3 Å². The van der Waals surface area contributed by atoms with Gasteiger partial charge in [0.1, 0.15) is 6.29 Å². The molecular weight excluding hydrogens is 226 g/mol. The molecule has 1 aromatic carbocycles. The van der Waals surface area contributed by atoms with Gasteiger partial charge < -0.3 is 20.6 Å². The van der Waals surface area contributed by atoms with Gasteiger partial charge in [0.05, 0.1) is 0 Å². The first-order chi connectivity index (χ1) is 7.86. The third-order valence-corrected chi connectivity index (χ3v) is 2.21. The molecule has 1 aromatic rings. The van der Waals surface area contributed by atoms with E-state index in [0.717, 1.165) is 6.92 Å². The van der Waals surface area contributed by atoms with Gasteiger partial charge in [-0.3, -0.25) is 4.79 Å². The highest BCUT2D eigenvalue weighted by molar-refractivity contribution is 5.76. The molecular formula is C11H13NO5. The minimum Gasteiger partial charge on any atom is -0.479 e. The summed E-state index contributed by atoms with van der Waals surface area (Å²) in [5.74, 6) is -1.54. The Kier molecular flexibility index (Phi) is 3.82. The third-order valence-electron chi connectivity index (χ3n) is 2.21. The van der Waals surface area contributed by atoms with E-state index in [-0.39, 0.29) is 0 Å². The predicted molar refractivity (Wildman–Crippen MR) is 59.7 cm³/mol. The van der Waals surface area contributed by atoms with Gasteiger partial charge in [0.15, 0.2) is 11.8 Å². The van der Waals surface area contributed by atoms with Crippen molar-refractivity contribution in [1.82, 2.24) is 0 Å². The lowest BCUT2D eigenvalue weighted by molar-refractivity contribution is -0.158. The van der Waals surface area contributed by atoms with Crippen LogP contribution in [0.5, 0.6) is 0 Å². The van der Waals surface area contributed by atoms with Crippen molar-refractivity contribution in [3.8, 4) is 0 Å². The van der Waals surface area contributed by atoms with E-state index in [2.05, 4.69) is 5.32 Å². The third kappa shape index (κ3) is 3.27. The number of anilines is 1. The zero-order valence-corrected chi connectivity index (χ0v) is 9.12. The number of carboxylic acid groups (broad SMARTS) is 1. The fraction of sp³-hybridized carbons (Fsp3) is 0.273. The van der Waals surface area contributed by atoms with Crippen LogP contribution in [-0.2, 0) is 4.79 Å². The van der Waals surface area contributed by atoms with Crippen molar-refractivity contribution in [2.24, 2.45) is 0 Å². The largest absolute Gasteiger partial charge is 0.479 e. The number of aliphatic hydroxyl groups is 2. The molecule has 0 spiro atoms. The molecule has 0 aromatic heterocycles. The Balaban J connectivity index is 2.82. The van der Waals surface area contributed by atoms with Gasteiger partial charge in [-0.2, -0.15) is 0 Å². The van der Waals surface area contributed by atoms with Crippen LogP contribution in [0.15, 0.2) is 24.3 Å². The highest BCUT2D eigenvalue weighted by Crippen LogP contribution is 2.17. The molecule has 0 amide bonds. The fourth-order valence-electron chi connectivity index (χ4n) is 1.25. The number of hydrogen-bond donors (Lipinski definition) is 4. The van der Waals surface area contributed by atoms with Crippen LogP contribution in [0.25, 0.3) is 0 Å². The molecule has 0 radical (unpaired) electrons. The SMILES string of the molecule is CC(O)(Nc1ccc(C=O)cc1)C(O)C(=O)O. The number of rotatable bonds is 5. The Morgan fingerprint density at radius 1 is 1.41 bits per heavy atom. The first-order valence-electron chi connectivity index (χ1n) is 4.83. The summed E-state index contributed by atoms with van der Waals surface area (Å²) in [5.41, 5.74) is -1.16. The molecule has 0 aliphatic carbocycles. The number of aliphatic carboxylic acids is 1. The van der Waals surface area contributed by atoms with Gasteiger partial charge in [0, 0.05) is 11.3 Å². The Morgan fingerprint density at radius 3 is 2.35 bits per heavy atom. The van der Waals surface area contributed by atoms with Crippen LogP contribution in [0.4, 0.5) is 5.69 Å². The smallest absolute Gasteiger partial charge is 0.337 e. The quantitative estimate of drug-likeness (QED) is 0.427. The molecule has 1 rings (SSSR count). The lowest BCUT2D eigenvalue weighted by Gasteiger charge is -2.28. The van der Waals surface area contributed by atoms with Crippen molar-refractivity contribution in [2.75, 3.05) is 5.32 Å². The number of carboxylic acids is 1. The monoisotopic (exact) mass is 239 g/mol. The van der Waals surface area contributed by atoms with Crippen LogP contribution >= 0.6 is 0 Å². The first-order valence-corrected chi connectivity index (χ1v) is 4.83. The van der Waals surface area contributed by atoms with Gasteiger partial charge in [-0.15, -0.1) is 0 Å². The molecule has 6 heteroatoms. The molecule has 4 N–H and O–H groups in total. The van der Waals surface area contributed by atoms with Crippen LogP contribution < -0.4 is 5.32 Å². The normalized spacial score (nSPS) is 15.7. The first kappa shape index (κ1) is 13.1. The van der Waals surface area contributed by atoms with Gasteiger partial charge in [-0.05, 0) is 31.2 Å². The highest BCUT2D eigenvalue weighted by Gasteiger charge is 2.35. The van der Waals surface area contributed by atoms with Crippen LogP contribution in [0, 0.1) is 0 Å². The summed E-state index contributed by atoms with van der Waals surface area (Å²) in [6.07, 6.45) is -1.30. The molecule has 0 saturated heterocycles. The minimum absolute atomic E-state index is 0.390. The molecule has 92 valence electrons. The van der Waals surface area contributed by atoms with E-state index in [0.29, 0.717) is 17.5 Å². The maximum atomic E-state index is 10.5. The average Bonchev–Trinajstić information content (AvgIpc) is 2.28. The summed E-state index contributed by atoms with van der Waals surface area (Å²) >= 11 is 0. The van der Waals surface area contributed by atoms with Gasteiger partial charge >= 0.3 is 5.97 Å². The Hall–Kier alpha value is -1.92. The second-order valence-electron chi connectivity index (χ2n) is 3.75. The predicted octanol–water partition coefficient (Wildman–Crippen LogP) is 0.0650. The Morgan fingerprint density at radius 2 is 1.94 bits per heavy atom. The topological polar surface area (TPSA) is 107 Å². The summed E-state index contributed by atoms with van der Waals surface area (Å²) in [4.78, 5) is 21.0. The molecule has 0 bridgehead atoms. The maximum Gasteiger partial charge on any atom is 0.337 e. The van der Waals surface area contributed by atoms with Crippen LogP contribution in [0.2, 0.25) is 0 Å². The van der Waals surface area contributed by atoms with Crippen LogP contribution in [-0.4, -0.2) is 39.4 Å². The average molecular weight is 239 g/mol. The van der Waals surface area contributed by atoms with Crippen molar-refractivity contribution < 1.29 is 24.9 Å². The zero-order chi connectivity index (χ0) is 13.1. The van der Waals surface area contributed by atoms with Crippen molar-refractivity contribution in [2.45, 2.75) is 18.8 Å². The van der Waals surface area contributed by atoms with Crippen molar-refractivity contribution in [3.63, 3.8) is 0 Å². The van der Waals surface area contributed by atoms with E-state index in [1.807, 2.05) is 0 Å². The van der Waals surface area contributed by atoms with E-state index < -0.39 is 17.8 Å². The Labute approximate surface area is 97.5 Å². The summed E-state index contributed by atoms with van der Waals surface area (Å²) in [6.45, 7) is 1.14. The molecule has 2 unspecified atom stereocenters. The molecule has 0 heterocycles. The van der Waals surface area contributed by atoms with Gasteiger partial charge in [-0.25, -0.2) is 4.79 Å². The number of carbonyl (C=O) groups excluding carboxylic acids is 1. The molecule has 0 saturated carbocycles. The number of carbonyl (C=O) groups is 2. The number of benzene rings is 1. The Bertz CT molecular complexity index is 412. The van der Waals surface area contributed by atoms with Gasteiger partial charge in [0.2, 0.25) is 0 Å². The lowest BCUT2D eigenvalue weighted by Crippen LogP contribution is -2.50. The minimum atomic E-state index is -2.01. The fourth-order valence-corrected chi connectivity index (χ4v) is 1.25. The molecule has 17 heavy (non-hydrogen) atoms. The number of aliphatic hydroxyl groups excluding tert-OH is 1. The maximum absolute atomic E-state index is 10.5. The van der Waals surface area contributed by atoms with E-state index in [4.69, 9.17) is 5.11 Å². The standard InChI is InChI=1S/C11H13NO5/c1-11(17,9(14)10(15)16)12-8-4-2-7(6-13)3-5-8/h2-6,9,12,14,17H,1H3,(H,15,16). The van der Waals surface area contributed by atoms with Crippen molar-refractivity contribution >= 4 is 17.9 Å². The van der Waals surface area contributed by atoms with E-state index in [9.17, 15) is 19.8 Å². The number of nitrogens with one attached hydrogen (secondary N) is 1. The second kappa shape index (κ2) is 4.94. The molecule has 6 nitrogen and oxygen atoms in total. The summed E-state index contributed by atoms with van der Waals surface area (Å²) < 4.78 is 0. The lowest BCUT2D eigenvalue weighted by atomic mass is 10.1.